The van der Waals surface area contributed by atoms with Gasteiger partial charge in [0.2, 0.25) is 5.95 Å². The van der Waals surface area contributed by atoms with Crippen LogP contribution in [0, 0.1) is 6.92 Å². The predicted octanol–water partition coefficient (Wildman–Crippen LogP) is 3.61. The Morgan fingerprint density at radius 2 is 2.05 bits per heavy atom. The summed E-state index contributed by atoms with van der Waals surface area (Å²) in [5.41, 5.74) is 2.53. The van der Waals surface area contributed by atoms with Gasteiger partial charge in [-0.3, -0.25) is 0 Å². The molecule has 20 heavy (non-hydrogen) atoms. The average molecular weight is 270 g/mol. The van der Waals surface area contributed by atoms with Gasteiger partial charge in [0.1, 0.15) is 5.82 Å². The van der Waals surface area contributed by atoms with Crippen molar-refractivity contribution in [1.82, 2.24) is 9.97 Å². The number of aromatic nitrogens is 2. The van der Waals surface area contributed by atoms with Gasteiger partial charge in [-0.15, -0.1) is 0 Å². The van der Waals surface area contributed by atoms with E-state index in [0.717, 1.165) is 31.7 Å². The third-order valence-corrected chi connectivity index (χ3v) is 3.03. The van der Waals surface area contributed by atoms with Crippen molar-refractivity contribution < 1.29 is 0 Å². The highest BCUT2D eigenvalue weighted by molar-refractivity contribution is 5.40. The first-order chi connectivity index (χ1) is 9.78. The third kappa shape index (κ3) is 4.53. The van der Waals surface area contributed by atoms with E-state index in [4.69, 9.17) is 0 Å². The van der Waals surface area contributed by atoms with Crippen LogP contribution in [0.2, 0.25) is 0 Å². The number of hydrogen-bond donors (Lipinski definition) is 2. The van der Waals surface area contributed by atoms with Gasteiger partial charge in [-0.2, -0.15) is 4.98 Å². The van der Waals surface area contributed by atoms with Gasteiger partial charge >= 0.3 is 0 Å². The van der Waals surface area contributed by atoms with Gasteiger partial charge in [0.25, 0.3) is 0 Å². The van der Waals surface area contributed by atoms with Gasteiger partial charge in [-0.05, 0) is 25.0 Å². The molecule has 2 N–H and O–H groups in total. The van der Waals surface area contributed by atoms with Crippen LogP contribution in [0.4, 0.5) is 11.8 Å². The topological polar surface area (TPSA) is 49.8 Å². The summed E-state index contributed by atoms with van der Waals surface area (Å²) in [6, 6.07) is 10.4. The van der Waals surface area contributed by atoms with E-state index in [2.05, 4.69) is 58.7 Å². The first-order valence-electron chi connectivity index (χ1n) is 7.14. The number of nitrogens with zero attached hydrogens (tertiary/aromatic N) is 2. The van der Waals surface area contributed by atoms with E-state index in [1.54, 1.807) is 6.20 Å². The summed E-state index contributed by atoms with van der Waals surface area (Å²) >= 11 is 0. The summed E-state index contributed by atoms with van der Waals surface area (Å²) in [4.78, 5) is 8.67. The monoisotopic (exact) mass is 270 g/mol. The number of benzene rings is 1. The summed E-state index contributed by atoms with van der Waals surface area (Å²) in [6.45, 7) is 5.96. The summed E-state index contributed by atoms with van der Waals surface area (Å²) in [7, 11) is 0. The van der Waals surface area contributed by atoms with Crippen LogP contribution in [-0.2, 0) is 6.54 Å². The second-order valence-electron chi connectivity index (χ2n) is 4.89. The molecular formula is C16H22N4. The zero-order chi connectivity index (χ0) is 14.2. The van der Waals surface area contributed by atoms with Crippen molar-refractivity contribution in [3.63, 3.8) is 0 Å². The Morgan fingerprint density at radius 1 is 1.15 bits per heavy atom. The van der Waals surface area contributed by atoms with Crippen molar-refractivity contribution >= 4 is 11.8 Å². The number of anilines is 2. The largest absolute Gasteiger partial charge is 0.366 e. The zero-order valence-corrected chi connectivity index (χ0v) is 12.2. The molecule has 0 unspecified atom stereocenters. The minimum Gasteiger partial charge on any atom is -0.366 e. The molecular weight excluding hydrogens is 248 g/mol. The molecule has 2 rings (SSSR count). The molecule has 0 bridgehead atoms. The Balaban J connectivity index is 1.91. The molecule has 0 aliphatic carbocycles. The van der Waals surface area contributed by atoms with Gasteiger partial charge in [0.05, 0.1) is 0 Å². The molecule has 1 aromatic carbocycles. The van der Waals surface area contributed by atoms with Crippen molar-refractivity contribution in [1.29, 1.82) is 0 Å². The van der Waals surface area contributed by atoms with Crippen molar-refractivity contribution in [3.8, 4) is 0 Å². The molecule has 0 spiro atoms. The highest BCUT2D eigenvalue weighted by Crippen LogP contribution is 2.09. The van der Waals surface area contributed by atoms with Crippen molar-refractivity contribution in [2.24, 2.45) is 0 Å². The highest BCUT2D eigenvalue weighted by atomic mass is 15.1. The van der Waals surface area contributed by atoms with Crippen LogP contribution in [-0.4, -0.2) is 16.5 Å². The summed E-state index contributed by atoms with van der Waals surface area (Å²) in [5.74, 6) is 1.54. The van der Waals surface area contributed by atoms with Gasteiger partial charge in [0.15, 0.2) is 0 Å². The lowest BCUT2D eigenvalue weighted by Gasteiger charge is -2.08. The van der Waals surface area contributed by atoms with E-state index in [1.807, 2.05) is 6.07 Å². The Kier molecular flexibility index (Phi) is 5.35. The average Bonchev–Trinajstić information content (AvgIpc) is 2.46. The molecule has 4 heteroatoms. The third-order valence-electron chi connectivity index (χ3n) is 3.03. The Labute approximate surface area is 120 Å². The lowest BCUT2D eigenvalue weighted by atomic mass is 10.1. The van der Waals surface area contributed by atoms with Crippen molar-refractivity contribution in [3.05, 3.63) is 47.7 Å². The van der Waals surface area contributed by atoms with Gasteiger partial charge in [-0.25, -0.2) is 4.98 Å². The van der Waals surface area contributed by atoms with Crippen LogP contribution in [0.3, 0.4) is 0 Å². The molecule has 0 fully saturated rings. The first-order valence-corrected chi connectivity index (χ1v) is 7.14. The molecule has 1 heterocycles. The van der Waals surface area contributed by atoms with Gasteiger partial charge in [0, 0.05) is 19.3 Å². The van der Waals surface area contributed by atoms with Crippen LogP contribution < -0.4 is 10.6 Å². The van der Waals surface area contributed by atoms with E-state index in [0.29, 0.717) is 5.95 Å². The molecule has 2 aromatic rings. The maximum atomic E-state index is 4.45. The molecule has 0 radical (unpaired) electrons. The molecule has 4 nitrogen and oxygen atoms in total. The standard InChI is InChI=1S/C16H22N4/c1-3-4-9-17-16-18-10-8-15(20-16)19-12-14-7-5-6-13(2)11-14/h5-8,10-11H,3-4,9,12H2,1-2H3,(H2,17,18,19,20). The van der Waals surface area contributed by atoms with Gasteiger partial charge < -0.3 is 10.6 Å². The minimum atomic E-state index is 0.688. The summed E-state index contributed by atoms with van der Waals surface area (Å²) in [5, 5.41) is 6.56. The quantitative estimate of drug-likeness (QED) is 0.755. The van der Waals surface area contributed by atoms with E-state index in [9.17, 15) is 0 Å². The molecule has 0 amide bonds. The molecule has 0 atom stereocenters. The number of hydrogen-bond acceptors (Lipinski definition) is 4. The fourth-order valence-electron chi connectivity index (χ4n) is 1.93. The zero-order valence-electron chi connectivity index (χ0n) is 12.2. The number of aryl methyl sites for hydroxylation is 1. The Bertz CT molecular complexity index is 540. The Morgan fingerprint density at radius 3 is 2.85 bits per heavy atom. The SMILES string of the molecule is CCCCNc1nccc(NCc2cccc(C)c2)n1. The fourth-order valence-corrected chi connectivity index (χ4v) is 1.93. The van der Waals surface area contributed by atoms with E-state index in [-0.39, 0.29) is 0 Å². The second kappa shape index (κ2) is 7.48. The van der Waals surface area contributed by atoms with Crippen molar-refractivity contribution in [2.45, 2.75) is 33.2 Å². The predicted molar refractivity (Wildman–Crippen MR) is 83.9 cm³/mol. The molecule has 0 aliphatic heterocycles. The fraction of sp³-hybridized carbons (Fsp3) is 0.375. The first kappa shape index (κ1) is 14.3. The molecule has 0 aliphatic rings. The van der Waals surface area contributed by atoms with Crippen LogP contribution >= 0.6 is 0 Å². The smallest absolute Gasteiger partial charge is 0.224 e. The number of rotatable bonds is 7. The maximum Gasteiger partial charge on any atom is 0.224 e. The summed E-state index contributed by atoms with van der Waals surface area (Å²) < 4.78 is 0. The molecule has 1 aromatic heterocycles. The van der Waals surface area contributed by atoms with Crippen LogP contribution in [0.1, 0.15) is 30.9 Å². The number of unbranched alkanes of at least 4 members (excludes halogenated alkanes) is 1. The van der Waals surface area contributed by atoms with E-state index < -0.39 is 0 Å². The van der Waals surface area contributed by atoms with Crippen LogP contribution in [0.5, 0.6) is 0 Å². The molecule has 0 saturated heterocycles. The Hall–Kier alpha value is -2.10. The lowest BCUT2D eigenvalue weighted by molar-refractivity contribution is 0.826. The van der Waals surface area contributed by atoms with Crippen LogP contribution in [0.15, 0.2) is 36.5 Å². The highest BCUT2D eigenvalue weighted by Gasteiger charge is 1.99. The van der Waals surface area contributed by atoms with E-state index >= 15 is 0 Å². The normalized spacial score (nSPS) is 10.3. The molecule has 0 saturated carbocycles. The lowest BCUT2D eigenvalue weighted by Crippen LogP contribution is -2.07. The van der Waals surface area contributed by atoms with Crippen molar-refractivity contribution in [2.75, 3.05) is 17.2 Å². The van der Waals surface area contributed by atoms with Gasteiger partial charge in [-0.1, -0.05) is 43.2 Å². The summed E-state index contributed by atoms with van der Waals surface area (Å²) in [6.07, 6.45) is 4.07. The van der Waals surface area contributed by atoms with E-state index in [1.165, 1.54) is 11.1 Å². The maximum absolute atomic E-state index is 4.45. The molecule has 106 valence electrons. The number of nitrogens with one attached hydrogen (secondary N) is 2. The second-order valence-corrected chi connectivity index (χ2v) is 4.89. The minimum absolute atomic E-state index is 0.688. The van der Waals surface area contributed by atoms with Crippen LogP contribution in [0.25, 0.3) is 0 Å².